The molecule has 12 heteroatoms. The van der Waals surface area contributed by atoms with Crippen molar-refractivity contribution in [2.45, 2.75) is 85.1 Å². The van der Waals surface area contributed by atoms with Crippen LogP contribution in [0, 0.1) is 11.3 Å². The zero-order chi connectivity index (χ0) is 27.6. The van der Waals surface area contributed by atoms with Crippen LogP contribution >= 0.6 is 0 Å². The molecule has 0 N–H and O–H groups in total. The van der Waals surface area contributed by atoms with Crippen LogP contribution in [-0.2, 0) is 23.8 Å². The molecule has 1 aliphatic rings. The van der Waals surface area contributed by atoms with Crippen LogP contribution in [0.5, 0.6) is 0 Å². The first-order valence-corrected chi connectivity index (χ1v) is 13.0. The van der Waals surface area contributed by atoms with Gasteiger partial charge in [0.25, 0.3) is 5.90 Å². The second-order valence-corrected chi connectivity index (χ2v) is 12.0. The van der Waals surface area contributed by atoms with E-state index >= 15 is 0 Å². The van der Waals surface area contributed by atoms with Gasteiger partial charge in [0.15, 0.2) is 0 Å². The van der Waals surface area contributed by atoms with Crippen molar-refractivity contribution in [1.82, 2.24) is 4.90 Å². The molecule has 0 aromatic heterocycles. The van der Waals surface area contributed by atoms with Crippen molar-refractivity contribution in [2.75, 3.05) is 0 Å². The lowest BCUT2D eigenvalue weighted by Crippen LogP contribution is -2.43. The molecule has 36 heavy (non-hydrogen) atoms. The van der Waals surface area contributed by atoms with Crippen molar-refractivity contribution in [1.29, 1.82) is 0 Å². The number of hydrogen-bond acceptors (Lipinski definition) is 7. The van der Waals surface area contributed by atoms with E-state index in [9.17, 15) is 31.2 Å². The first-order chi connectivity index (χ1) is 16.3. The fraction of sp³-hybridized carbons (Fsp3) is 0.625. The average Bonchev–Trinajstić information content (AvgIpc) is 3.02. The van der Waals surface area contributed by atoms with Crippen molar-refractivity contribution >= 4 is 27.9 Å². The van der Waals surface area contributed by atoms with Crippen LogP contribution in [0.15, 0.2) is 29.3 Å². The molecule has 1 amide bonds. The number of benzene rings is 1. The molecule has 1 aliphatic heterocycles. The highest BCUT2D eigenvalue weighted by atomic mass is 32.2. The second kappa shape index (κ2) is 10.8. The van der Waals surface area contributed by atoms with E-state index in [2.05, 4.69) is 9.18 Å². The number of nitrogens with zero attached hydrogens (tertiary/aromatic N) is 2. The third-order valence-corrected chi connectivity index (χ3v) is 6.34. The highest BCUT2D eigenvalue weighted by molar-refractivity contribution is 7.88. The topological polar surface area (TPSA) is 102 Å². The summed E-state index contributed by atoms with van der Waals surface area (Å²) >= 11 is 0. The van der Waals surface area contributed by atoms with Crippen LogP contribution in [0.3, 0.4) is 0 Å². The Morgan fingerprint density at radius 1 is 1.08 bits per heavy atom. The Kier molecular flexibility index (Phi) is 8.86. The lowest BCUT2D eigenvalue weighted by molar-refractivity contribution is -0.129. The Hall–Kier alpha value is -2.63. The van der Waals surface area contributed by atoms with Gasteiger partial charge in [-0.2, -0.15) is 21.6 Å². The van der Waals surface area contributed by atoms with Gasteiger partial charge in [0, 0.05) is 0 Å². The van der Waals surface area contributed by atoms with Gasteiger partial charge in [-0.25, -0.2) is 9.79 Å². The van der Waals surface area contributed by atoms with Gasteiger partial charge in [0.05, 0.1) is 17.7 Å². The molecule has 0 aliphatic carbocycles. The molecule has 0 spiro atoms. The number of hydrogen-bond donors (Lipinski definition) is 0. The lowest BCUT2D eigenvalue weighted by Gasteiger charge is -2.35. The molecule has 0 bridgehead atoms. The maximum atomic E-state index is 13.2. The van der Waals surface area contributed by atoms with Crippen molar-refractivity contribution in [3.8, 4) is 0 Å². The quantitative estimate of drug-likeness (QED) is 0.258. The van der Waals surface area contributed by atoms with Crippen molar-refractivity contribution in [2.24, 2.45) is 16.3 Å². The van der Waals surface area contributed by atoms with Crippen molar-refractivity contribution in [3.05, 3.63) is 35.4 Å². The number of esters is 1. The number of carbonyl (C=O) groups is 2. The van der Waals surface area contributed by atoms with E-state index in [1.54, 1.807) is 52.0 Å². The van der Waals surface area contributed by atoms with E-state index in [0.717, 1.165) is 0 Å². The van der Waals surface area contributed by atoms with Crippen LogP contribution in [0.1, 0.15) is 83.3 Å². The third kappa shape index (κ3) is 7.21. The largest absolute Gasteiger partial charge is 0.534 e. The van der Waals surface area contributed by atoms with E-state index < -0.39 is 45.6 Å². The molecule has 2 atom stereocenters. The minimum absolute atomic E-state index is 0.144. The second-order valence-electron chi connectivity index (χ2n) is 10.5. The molecule has 0 saturated carbocycles. The van der Waals surface area contributed by atoms with Gasteiger partial charge in [0.1, 0.15) is 6.17 Å². The molecular weight excluding hydrogens is 501 g/mol. The zero-order valence-corrected chi connectivity index (χ0v) is 22.2. The number of carbonyl (C=O) groups excluding carboxylic acids is 2. The third-order valence-electron chi connectivity index (χ3n) is 5.40. The Balaban J connectivity index is 2.47. The van der Waals surface area contributed by atoms with Crippen molar-refractivity contribution in [3.63, 3.8) is 0 Å². The highest BCUT2D eigenvalue weighted by Gasteiger charge is 2.52. The maximum Gasteiger partial charge on any atom is 0.534 e. The number of halogens is 3. The molecule has 0 fully saturated rings. The molecule has 202 valence electrons. The van der Waals surface area contributed by atoms with E-state index in [-0.39, 0.29) is 17.4 Å². The lowest BCUT2D eigenvalue weighted by atomic mass is 9.86. The number of amides is 1. The van der Waals surface area contributed by atoms with E-state index in [0.29, 0.717) is 24.0 Å². The molecule has 0 saturated heterocycles. The number of alkyl halides is 3. The van der Waals surface area contributed by atoms with Gasteiger partial charge in [-0.15, -0.1) is 0 Å². The smallest absolute Gasteiger partial charge is 0.459 e. The number of rotatable bonds is 8. The van der Waals surface area contributed by atoms with E-state index in [4.69, 9.17) is 4.74 Å². The summed E-state index contributed by atoms with van der Waals surface area (Å²) in [5.41, 5.74) is -4.95. The molecule has 1 aromatic carbocycles. The predicted molar refractivity (Wildman–Crippen MR) is 127 cm³/mol. The molecule has 1 unspecified atom stereocenters. The minimum Gasteiger partial charge on any atom is -0.459 e. The van der Waals surface area contributed by atoms with E-state index in [1.165, 1.54) is 4.90 Å². The SMILES string of the molecule is CC(C)OC(=O)c1ccc([C@@H](CCC(C)(C)C)N2C(=O)C(OS(=O)(=O)C(F)(F)F)=NC2C(C)C)cc1. The maximum absolute atomic E-state index is 13.2. The molecule has 0 radical (unpaired) electrons. The van der Waals surface area contributed by atoms with Gasteiger partial charge in [-0.1, -0.05) is 46.8 Å². The Labute approximate surface area is 210 Å². The number of aliphatic imine (C=N–C) groups is 1. The van der Waals surface area contributed by atoms with Crippen LogP contribution in [-0.4, -0.2) is 48.9 Å². The Morgan fingerprint density at radius 3 is 2.08 bits per heavy atom. The summed E-state index contributed by atoms with van der Waals surface area (Å²) < 4.78 is 71.2. The summed E-state index contributed by atoms with van der Waals surface area (Å²) in [7, 11) is -6.07. The van der Waals surface area contributed by atoms with Crippen LogP contribution in [0.25, 0.3) is 0 Å². The van der Waals surface area contributed by atoms with Gasteiger partial charge in [0.2, 0.25) is 0 Å². The summed E-state index contributed by atoms with van der Waals surface area (Å²) in [6.45, 7) is 12.9. The predicted octanol–water partition coefficient (Wildman–Crippen LogP) is 5.21. The van der Waals surface area contributed by atoms with Gasteiger partial charge in [-0.3, -0.25) is 4.79 Å². The van der Waals surface area contributed by atoms with Crippen LogP contribution < -0.4 is 0 Å². The van der Waals surface area contributed by atoms with Gasteiger partial charge in [-0.05, 0) is 55.7 Å². The standard InChI is InChI=1S/C24H33F3N2O6S/c1-14(2)19-28-20(35-36(32,33)24(25,26)27)21(30)29(19)18(12-13-23(5,6)7)16-8-10-17(11-9-16)22(31)34-15(3)4/h8-11,14-15,18-19H,12-13H2,1-7H3/t18-,19?/m1/s1. The zero-order valence-electron chi connectivity index (χ0n) is 21.4. The summed E-state index contributed by atoms with van der Waals surface area (Å²) in [4.78, 5) is 30.7. The molecule has 1 aromatic rings. The Morgan fingerprint density at radius 2 is 1.64 bits per heavy atom. The first kappa shape index (κ1) is 29.6. The Bertz CT molecular complexity index is 1090. The summed E-state index contributed by atoms with van der Waals surface area (Å²) in [5.74, 6) is -3.05. The first-order valence-electron chi connectivity index (χ1n) is 11.6. The van der Waals surface area contributed by atoms with Crippen molar-refractivity contribution < 1.29 is 40.1 Å². The monoisotopic (exact) mass is 534 g/mol. The summed E-state index contributed by atoms with van der Waals surface area (Å²) in [6, 6.07) is 5.70. The fourth-order valence-corrected chi connectivity index (χ4v) is 4.05. The van der Waals surface area contributed by atoms with Gasteiger partial charge < -0.3 is 13.8 Å². The average molecular weight is 535 g/mol. The minimum atomic E-state index is -6.07. The fourth-order valence-electron chi connectivity index (χ4n) is 3.63. The molecular formula is C24H33F3N2O6S. The van der Waals surface area contributed by atoms with Gasteiger partial charge >= 0.3 is 27.5 Å². The number of ether oxygens (including phenoxy) is 1. The molecule has 1 heterocycles. The molecule has 2 rings (SSSR count). The van der Waals surface area contributed by atoms with E-state index in [1.807, 2.05) is 20.8 Å². The highest BCUT2D eigenvalue weighted by Crippen LogP contribution is 2.38. The molecule has 8 nitrogen and oxygen atoms in total. The van der Waals surface area contributed by atoms with Crippen LogP contribution in [0.4, 0.5) is 13.2 Å². The normalized spacial score (nSPS) is 18.0. The summed E-state index contributed by atoms with van der Waals surface area (Å²) in [6.07, 6.45) is -0.232. The van der Waals surface area contributed by atoms with Crippen LogP contribution in [0.2, 0.25) is 0 Å². The summed E-state index contributed by atoms with van der Waals surface area (Å²) in [5, 5.41) is 0.